The summed E-state index contributed by atoms with van der Waals surface area (Å²) in [5.74, 6) is 3.42. The van der Waals surface area contributed by atoms with Crippen LogP contribution in [0.4, 0.5) is 4.39 Å². The Balaban J connectivity index is 1.45. The molecule has 164 valence electrons. The average molecular weight is 452 g/mol. The summed E-state index contributed by atoms with van der Waals surface area (Å²) in [6, 6.07) is 7.07. The molecule has 4 heterocycles. The first-order chi connectivity index (χ1) is 15.6. The molecule has 3 saturated carbocycles. The van der Waals surface area contributed by atoms with Gasteiger partial charge in [-0.25, -0.2) is 19.3 Å². The number of aromatic nitrogens is 5. The molecule has 8 heteroatoms. The highest BCUT2D eigenvalue weighted by Crippen LogP contribution is 2.49. The van der Waals surface area contributed by atoms with E-state index in [1.54, 1.807) is 6.26 Å². The number of nitrogens with one attached hydrogen (secondary N) is 1. The molecule has 6 nitrogen and oxygen atoms in total. The second kappa shape index (κ2) is 7.66. The van der Waals surface area contributed by atoms with Crippen molar-refractivity contribution in [3.63, 3.8) is 0 Å². The van der Waals surface area contributed by atoms with Crippen molar-refractivity contribution in [1.29, 1.82) is 0 Å². The Morgan fingerprint density at radius 2 is 1.94 bits per heavy atom. The van der Waals surface area contributed by atoms with Crippen LogP contribution in [0.2, 0.25) is 5.15 Å². The maximum absolute atomic E-state index is 14.2. The number of pyridine rings is 1. The van der Waals surface area contributed by atoms with Gasteiger partial charge in [0.15, 0.2) is 28.2 Å². The predicted octanol–water partition coefficient (Wildman–Crippen LogP) is 6.08. The molecule has 1 N–H and O–H groups in total. The second-order valence-corrected chi connectivity index (χ2v) is 9.54. The summed E-state index contributed by atoms with van der Waals surface area (Å²) >= 11 is 5.83. The Hall–Kier alpha value is -2.80. The van der Waals surface area contributed by atoms with Crippen molar-refractivity contribution in [2.45, 2.75) is 39.0 Å². The fourth-order valence-electron chi connectivity index (χ4n) is 5.80. The van der Waals surface area contributed by atoms with E-state index in [-0.39, 0.29) is 5.15 Å². The molecule has 4 aromatic rings. The molecule has 2 atom stereocenters. The molecule has 3 aliphatic rings. The van der Waals surface area contributed by atoms with Crippen LogP contribution in [0.15, 0.2) is 34.9 Å². The molecule has 2 unspecified atom stereocenters. The third kappa shape index (κ3) is 3.30. The third-order valence-corrected chi connectivity index (χ3v) is 7.78. The van der Waals surface area contributed by atoms with Crippen LogP contribution in [-0.2, 0) is 6.42 Å². The summed E-state index contributed by atoms with van der Waals surface area (Å²) in [6.07, 6.45) is 7.88. The number of nitrogens with zero attached hydrogens (tertiary/aromatic N) is 4. The van der Waals surface area contributed by atoms with Crippen LogP contribution in [0, 0.1) is 29.5 Å². The lowest BCUT2D eigenvalue weighted by atomic mass is 9.58. The molecular formula is C24H23ClFN5O. The lowest BCUT2D eigenvalue weighted by molar-refractivity contribution is 0.0339. The van der Waals surface area contributed by atoms with Crippen LogP contribution in [0.1, 0.15) is 38.3 Å². The number of H-pyrrole nitrogens is 1. The minimum atomic E-state index is -0.601. The van der Waals surface area contributed by atoms with E-state index in [0.717, 1.165) is 24.0 Å². The number of halogens is 2. The quantitative estimate of drug-likeness (QED) is 0.380. The van der Waals surface area contributed by atoms with Gasteiger partial charge in [-0.2, -0.15) is 5.10 Å². The standard InChI is InChI=1S/C24H23ClFN5O/c1-12-13-4-6-14(7-5-13)16(12)9-15-10-19(20-3-2-8-32-20)28-24(27-15)21-17-11-18(26)22(25)29-23(17)31-30-21/h2-3,8,10-14,16H,4-7,9H2,1H3,(H,29,30,31). The van der Waals surface area contributed by atoms with E-state index < -0.39 is 5.82 Å². The van der Waals surface area contributed by atoms with Crippen LogP contribution in [0.25, 0.3) is 34.0 Å². The van der Waals surface area contributed by atoms with Crippen molar-refractivity contribution < 1.29 is 8.81 Å². The van der Waals surface area contributed by atoms with E-state index in [2.05, 4.69) is 22.1 Å². The van der Waals surface area contributed by atoms with Gasteiger partial charge in [0.2, 0.25) is 0 Å². The predicted molar refractivity (Wildman–Crippen MR) is 119 cm³/mol. The molecule has 3 aliphatic carbocycles. The van der Waals surface area contributed by atoms with E-state index in [4.69, 9.17) is 26.0 Å². The first kappa shape index (κ1) is 19.9. The Kier molecular flexibility index (Phi) is 4.75. The number of hydrogen-bond donors (Lipinski definition) is 1. The van der Waals surface area contributed by atoms with Crippen LogP contribution in [0.5, 0.6) is 0 Å². The highest BCUT2D eigenvalue weighted by atomic mass is 35.5. The Morgan fingerprint density at radius 3 is 2.69 bits per heavy atom. The number of aromatic amines is 1. The van der Waals surface area contributed by atoms with Gasteiger partial charge in [-0.3, -0.25) is 5.10 Å². The molecule has 0 aromatic carbocycles. The van der Waals surface area contributed by atoms with Crippen molar-refractivity contribution in [3.8, 4) is 23.0 Å². The fraction of sp³-hybridized carbons (Fsp3) is 0.417. The zero-order valence-corrected chi connectivity index (χ0v) is 18.4. The summed E-state index contributed by atoms with van der Waals surface area (Å²) in [6.45, 7) is 2.40. The molecule has 0 radical (unpaired) electrons. The SMILES string of the molecule is CC1C2CCC(CC2)C1Cc1cc(-c2ccco2)nc(-c2[nH]nc3nc(Cl)c(F)cc23)n1. The first-order valence-electron chi connectivity index (χ1n) is 11.2. The summed E-state index contributed by atoms with van der Waals surface area (Å²) in [4.78, 5) is 13.6. The maximum atomic E-state index is 14.2. The van der Waals surface area contributed by atoms with Gasteiger partial charge in [-0.1, -0.05) is 18.5 Å². The lowest BCUT2D eigenvalue weighted by Crippen LogP contribution is -2.39. The maximum Gasteiger partial charge on any atom is 0.183 e. The number of fused-ring (bicyclic) bond motifs is 4. The Bertz CT molecular complexity index is 1280. The Morgan fingerprint density at radius 1 is 1.12 bits per heavy atom. The van der Waals surface area contributed by atoms with Crippen molar-refractivity contribution in [1.82, 2.24) is 25.1 Å². The van der Waals surface area contributed by atoms with Gasteiger partial charge in [-0.05, 0) is 80.0 Å². The van der Waals surface area contributed by atoms with Gasteiger partial charge in [0.25, 0.3) is 0 Å². The molecule has 7 rings (SSSR count). The lowest BCUT2D eigenvalue weighted by Gasteiger charge is -2.47. The Labute approximate surface area is 189 Å². The molecule has 4 aromatic heterocycles. The van der Waals surface area contributed by atoms with Crippen LogP contribution in [0.3, 0.4) is 0 Å². The average Bonchev–Trinajstić information content (AvgIpc) is 3.47. The summed E-state index contributed by atoms with van der Waals surface area (Å²) in [7, 11) is 0. The highest BCUT2D eigenvalue weighted by molar-refractivity contribution is 6.30. The first-order valence-corrected chi connectivity index (χ1v) is 11.6. The van der Waals surface area contributed by atoms with Gasteiger partial charge < -0.3 is 4.42 Å². The van der Waals surface area contributed by atoms with E-state index in [0.29, 0.717) is 45.8 Å². The van der Waals surface area contributed by atoms with E-state index in [1.165, 1.54) is 31.7 Å². The summed E-state index contributed by atoms with van der Waals surface area (Å²) in [5.41, 5.74) is 2.53. The van der Waals surface area contributed by atoms with E-state index >= 15 is 0 Å². The number of furan rings is 1. The molecule has 0 aliphatic heterocycles. The summed E-state index contributed by atoms with van der Waals surface area (Å²) < 4.78 is 19.8. The monoisotopic (exact) mass is 451 g/mol. The van der Waals surface area contributed by atoms with Crippen molar-refractivity contribution >= 4 is 22.6 Å². The molecule has 2 bridgehead atoms. The fourth-order valence-corrected chi connectivity index (χ4v) is 5.94. The largest absolute Gasteiger partial charge is 0.463 e. The van der Waals surface area contributed by atoms with Gasteiger partial charge in [0.1, 0.15) is 11.4 Å². The normalized spacial score (nSPS) is 25.0. The van der Waals surface area contributed by atoms with E-state index in [1.807, 2.05) is 18.2 Å². The second-order valence-electron chi connectivity index (χ2n) is 9.18. The smallest absolute Gasteiger partial charge is 0.183 e. The third-order valence-electron chi connectivity index (χ3n) is 7.52. The van der Waals surface area contributed by atoms with Crippen LogP contribution < -0.4 is 0 Å². The zero-order valence-electron chi connectivity index (χ0n) is 17.7. The molecule has 0 saturated heterocycles. The highest BCUT2D eigenvalue weighted by Gasteiger charge is 2.41. The number of hydrogen-bond acceptors (Lipinski definition) is 5. The van der Waals surface area contributed by atoms with Crippen molar-refractivity contribution in [2.24, 2.45) is 23.7 Å². The molecular weight excluding hydrogens is 429 g/mol. The van der Waals surface area contributed by atoms with Gasteiger partial charge in [0.05, 0.1) is 11.6 Å². The van der Waals surface area contributed by atoms with E-state index in [9.17, 15) is 4.39 Å². The molecule has 0 amide bonds. The van der Waals surface area contributed by atoms with Gasteiger partial charge >= 0.3 is 0 Å². The minimum Gasteiger partial charge on any atom is -0.463 e. The van der Waals surface area contributed by atoms with Crippen LogP contribution in [-0.4, -0.2) is 25.1 Å². The van der Waals surface area contributed by atoms with Crippen LogP contribution >= 0.6 is 11.6 Å². The molecule has 32 heavy (non-hydrogen) atoms. The topological polar surface area (TPSA) is 80.5 Å². The molecule has 0 spiro atoms. The zero-order chi connectivity index (χ0) is 21.8. The summed E-state index contributed by atoms with van der Waals surface area (Å²) in [5, 5.41) is 7.41. The minimum absolute atomic E-state index is 0.206. The van der Waals surface area contributed by atoms with Gasteiger partial charge in [0, 0.05) is 5.69 Å². The number of rotatable bonds is 4. The van der Waals surface area contributed by atoms with Crippen molar-refractivity contribution in [2.75, 3.05) is 0 Å². The van der Waals surface area contributed by atoms with Crippen molar-refractivity contribution in [3.05, 3.63) is 47.2 Å². The molecule has 3 fully saturated rings. The van der Waals surface area contributed by atoms with Gasteiger partial charge in [-0.15, -0.1) is 0 Å².